The van der Waals surface area contributed by atoms with Crippen molar-refractivity contribution in [2.24, 2.45) is 7.05 Å². The van der Waals surface area contributed by atoms with E-state index in [1.165, 1.54) is 28.3 Å². The SMILES string of the molecule is Cn1c2c(c3ccc(-n4ccc(OCc5ccc(F)cc5)cc4=O)nc31)CCN(C(=O)OC(C)(C)C)CC2. The Hall–Kier alpha value is -4.14. The fourth-order valence-corrected chi connectivity index (χ4v) is 4.74. The van der Waals surface area contributed by atoms with E-state index in [-0.39, 0.29) is 24.1 Å². The highest BCUT2D eigenvalue weighted by Gasteiger charge is 2.27. The number of aryl methyl sites for hydroxylation is 1. The van der Waals surface area contributed by atoms with E-state index in [9.17, 15) is 14.0 Å². The summed E-state index contributed by atoms with van der Waals surface area (Å²) in [6, 6.07) is 13.0. The topological polar surface area (TPSA) is 78.6 Å². The zero-order valence-corrected chi connectivity index (χ0v) is 22.0. The molecule has 0 N–H and O–H groups in total. The molecule has 1 aromatic carbocycles. The standard InChI is InChI=1S/C29H31FN4O4/c1-29(2,3)38-28(36)33-14-12-22-23-9-10-25(31-27(23)32(4)24(22)13-15-33)34-16-11-21(17-26(34)35)37-18-19-5-7-20(30)8-6-19/h5-11,16-17H,12-15,18H2,1-4H3. The molecule has 1 aliphatic rings. The lowest BCUT2D eigenvalue weighted by molar-refractivity contribution is 0.0258. The number of amides is 1. The summed E-state index contributed by atoms with van der Waals surface area (Å²) < 4.78 is 27.9. The summed E-state index contributed by atoms with van der Waals surface area (Å²) in [5.41, 5.74) is 3.10. The minimum absolute atomic E-state index is 0.230. The number of ether oxygens (including phenoxy) is 2. The van der Waals surface area contributed by atoms with Gasteiger partial charge in [0, 0.05) is 49.9 Å². The lowest BCUT2D eigenvalue weighted by atomic mass is 10.1. The van der Waals surface area contributed by atoms with E-state index in [0.717, 1.165) is 22.3 Å². The Labute approximate surface area is 220 Å². The van der Waals surface area contributed by atoms with Gasteiger partial charge in [-0.3, -0.25) is 9.36 Å². The predicted octanol–water partition coefficient (Wildman–Crippen LogP) is 4.78. The highest BCUT2D eigenvalue weighted by atomic mass is 19.1. The van der Waals surface area contributed by atoms with E-state index in [0.29, 0.717) is 37.5 Å². The van der Waals surface area contributed by atoms with Crippen molar-refractivity contribution in [2.75, 3.05) is 13.1 Å². The van der Waals surface area contributed by atoms with Crippen molar-refractivity contribution in [1.82, 2.24) is 19.0 Å². The number of carbonyl (C=O) groups excluding carboxylic acids is 1. The molecule has 0 atom stereocenters. The molecule has 4 heterocycles. The summed E-state index contributed by atoms with van der Waals surface area (Å²) in [4.78, 5) is 32.1. The predicted molar refractivity (Wildman–Crippen MR) is 142 cm³/mol. The van der Waals surface area contributed by atoms with Gasteiger partial charge >= 0.3 is 6.09 Å². The maximum Gasteiger partial charge on any atom is 0.410 e. The van der Waals surface area contributed by atoms with E-state index in [2.05, 4.69) is 4.57 Å². The summed E-state index contributed by atoms with van der Waals surface area (Å²) in [6.07, 6.45) is 2.74. The lowest BCUT2D eigenvalue weighted by Crippen LogP contribution is -2.38. The summed E-state index contributed by atoms with van der Waals surface area (Å²) in [5.74, 6) is 0.633. The van der Waals surface area contributed by atoms with Crippen molar-refractivity contribution >= 4 is 17.1 Å². The molecule has 0 aliphatic carbocycles. The van der Waals surface area contributed by atoms with Gasteiger partial charge in [-0.05, 0) is 68.7 Å². The molecule has 5 rings (SSSR count). The normalized spacial score (nSPS) is 13.8. The number of benzene rings is 1. The zero-order valence-electron chi connectivity index (χ0n) is 22.0. The maximum absolute atomic E-state index is 13.1. The third-order valence-corrected chi connectivity index (χ3v) is 6.62. The van der Waals surface area contributed by atoms with E-state index >= 15 is 0 Å². The average Bonchev–Trinajstić information content (AvgIpc) is 3.00. The van der Waals surface area contributed by atoms with Crippen LogP contribution in [0.4, 0.5) is 9.18 Å². The first kappa shape index (κ1) is 25.5. The molecular formula is C29H31FN4O4. The summed E-state index contributed by atoms with van der Waals surface area (Å²) in [5, 5.41) is 1.02. The van der Waals surface area contributed by atoms with Crippen LogP contribution in [0.25, 0.3) is 16.9 Å². The number of nitrogens with zero attached hydrogens (tertiary/aromatic N) is 4. The third-order valence-electron chi connectivity index (χ3n) is 6.62. The van der Waals surface area contributed by atoms with Crippen LogP contribution in [-0.2, 0) is 31.2 Å². The van der Waals surface area contributed by atoms with Crippen LogP contribution in [0.3, 0.4) is 0 Å². The van der Waals surface area contributed by atoms with Crippen LogP contribution in [0.5, 0.6) is 5.75 Å². The molecule has 0 saturated carbocycles. The van der Waals surface area contributed by atoms with Crippen molar-refractivity contribution in [2.45, 2.75) is 45.8 Å². The number of carbonyl (C=O) groups is 1. The highest BCUT2D eigenvalue weighted by Crippen LogP contribution is 2.28. The molecule has 1 amide bonds. The fourth-order valence-electron chi connectivity index (χ4n) is 4.74. The summed E-state index contributed by atoms with van der Waals surface area (Å²) in [7, 11) is 1.97. The Balaban J connectivity index is 1.35. The average molecular weight is 519 g/mol. The molecule has 8 nitrogen and oxygen atoms in total. The van der Waals surface area contributed by atoms with Crippen LogP contribution >= 0.6 is 0 Å². The van der Waals surface area contributed by atoms with E-state index < -0.39 is 5.60 Å². The van der Waals surface area contributed by atoms with Crippen molar-refractivity contribution in [3.63, 3.8) is 0 Å². The van der Waals surface area contributed by atoms with Crippen molar-refractivity contribution in [3.05, 3.63) is 87.7 Å². The van der Waals surface area contributed by atoms with Gasteiger partial charge in [-0.2, -0.15) is 0 Å². The number of hydrogen-bond acceptors (Lipinski definition) is 5. The van der Waals surface area contributed by atoms with Crippen LogP contribution in [0, 0.1) is 5.82 Å². The van der Waals surface area contributed by atoms with Gasteiger partial charge in [0.1, 0.15) is 35.2 Å². The molecule has 0 fully saturated rings. The van der Waals surface area contributed by atoms with Crippen LogP contribution in [-0.4, -0.2) is 43.8 Å². The molecule has 0 saturated heterocycles. The van der Waals surface area contributed by atoms with Gasteiger partial charge in [0.15, 0.2) is 0 Å². The van der Waals surface area contributed by atoms with Crippen molar-refractivity contribution < 1.29 is 18.7 Å². The van der Waals surface area contributed by atoms with Gasteiger partial charge in [0.25, 0.3) is 5.56 Å². The smallest absolute Gasteiger partial charge is 0.410 e. The van der Waals surface area contributed by atoms with Gasteiger partial charge in [0.05, 0.1) is 0 Å². The molecule has 38 heavy (non-hydrogen) atoms. The fraction of sp³-hybridized carbons (Fsp3) is 0.345. The lowest BCUT2D eigenvalue weighted by Gasteiger charge is -2.26. The molecule has 0 radical (unpaired) electrons. The first-order valence-electron chi connectivity index (χ1n) is 12.6. The second kappa shape index (κ2) is 9.96. The Morgan fingerprint density at radius 3 is 2.50 bits per heavy atom. The Morgan fingerprint density at radius 1 is 1.05 bits per heavy atom. The molecular weight excluding hydrogens is 487 g/mol. The van der Waals surface area contributed by atoms with E-state index in [1.54, 1.807) is 29.3 Å². The second-order valence-electron chi connectivity index (χ2n) is 10.5. The molecule has 9 heteroatoms. The minimum atomic E-state index is -0.533. The first-order chi connectivity index (χ1) is 18.1. The molecule has 198 valence electrons. The molecule has 0 bridgehead atoms. The monoisotopic (exact) mass is 518 g/mol. The van der Waals surface area contributed by atoms with Crippen LogP contribution < -0.4 is 10.3 Å². The van der Waals surface area contributed by atoms with Gasteiger partial charge in [-0.25, -0.2) is 14.2 Å². The largest absolute Gasteiger partial charge is 0.489 e. The quantitative estimate of drug-likeness (QED) is 0.389. The first-order valence-corrected chi connectivity index (χ1v) is 12.6. The number of rotatable bonds is 4. The van der Waals surface area contributed by atoms with E-state index in [1.807, 2.05) is 40.0 Å². The van der Waals surface area contributed by atoms with Gasteiger partial charge in [0.2, 0.25) is 0 Å². The second-order valence-corrected chi connectivity index (χ2v) is 10.5. The number of pyridine rings is 2. The van der Waals surface area contributed by atoms with Gasteiger partial charge < -0.3 is 18.9 Å². The van der Waals surface area contributed by atoms with Crippen LogP contribution in [0.2, 0.25) is 0 Å². The van der Waals surface area contributed by atoms with E-state index in [4.69, 9.17) is 14.5 Å². The molecule has 0 unspecified atom stereocenters. The van der Waals surface area contributed by atoms with Crippen LogP contribution in [0.15, 0.2) is 59.5 Å². The highest BCUT2D eigenvalue weighted by molar-refractivity contribution is 5.83. The third kappa shape index (κ3) is 5.27. The van der Waals surface area contributed by atoms with Gasteiger partial charge in [-0.1, -0.05) is 12.1 Å². The van der Waals surface area contributed by atoms with Gasteiger partial charge in [-0.15, -0.1) is 0 Å². The number of halogens is 1. The Bertz CT molecular complexity index is 1550. The van der Waals surface area contributed by atoms with Crippen molar-refractivity contribution in [3.8, 4) is 11.6 Å². The maximum atomic E-state index is 13.1. The summed E-state index contributed by atoms with van der Waals surface area (Å²) in [6.45, 7) is 6.98. The Kier molecular flexibility index (Phi) is 6.69. The van der Waals surface area contributed by atoms with Crippen molar-refractivity contribution in [1.29, 1.82) is 0 Å². The molecule has 3 aromatic heterocycles. The minimum Gasteiger partial charge on any atom is -0.489 e. The zero-order chi connectivity index (χ0) is 27.0. The summed E-state index contributed by atoms with van der Waals surface area (Å²) >= 11 is 0. The number of aromatic nitrogens is 3. The molecule has 1 aliphatic heterocycles. The Morgan fingerprint density at radius 2 is 1.79 bits per heavy atom. The molecule has 4 aromatic rings. The number of hydrogen-bond donors (Lipinski definition) is 0. The molecule has 0 spiro atoms. The van der Waals surface area contributed by atoms with Crippen LogP contribution in [0.1, 0.15) is 37.6 Å². The number of fused-ring (bicyclic) bond motifs is 3.